The molecule has 1 N–H and O–H groups in total. The van der Waals surface area contributed by atoms with Crippen LogP contribution in [0.3, 0.4) is 0 Å². The zero-order valence-electron chi connectivity index (χ0n) is 11.0. The minimum Gasteiger partial charge on any atom is -0.314 e. The fraction of sp³-hybridized carbons (Fsp3) is 0.538. The Kier molecular flexibility index (Phi) is 9.58. The molecule has 0 amide bonds. The topological polar surface area (TPSA) is 15.3 Å². The van der Waals surface area contributed by atoms with Gasteiger partial charge < -0.3 is 5.32 Å². The van der Waals surface area contributed by atoms with Gasteiger partial charge in [0.2, 0.25) is 0 Å². The van der Waals surface area contributed by atoms with E-state index in [1.54, 1.807) is 0 Å². The summed E-state index contributed by atoms with van der Waals surface area (Å²) in [6.45, 7) is 10.7. The second kappa shape index (κ2) is 9.37. The van der Waals surface area contributed by atoms with Gasteiger partial charge in [0.25, 0.3) is 0 Å². The van der Waals surface area contributed by atoms with Crippen molar-refractivity contribution in [1.82, 2.24) is 10.2 Å². The maximum atomic E-state index is 4.07. The molecule has 1 aliphatic rings. The van der Waals surface area contributed by atoms with Gasteiger partial charge in [0.15, 0.2) is 0 Å². The monoisotopic (exact) mass is 386 g/mol. The first-order valence-corrected chi connectivity index (χ1v) is 7.62. The lowest BCUT2D eigenvalue weighted by molar-refractivity contribution is 0.175. The molecule has 6 heteroatoms. The van der Waals surface area contributed by atoms with Crippen LogP contribution in [-0.4, -0.2) is 31.1 Å². The molecular weight excluding hydrogens is 367 g/mol. The molecule has 2 rings (SSSR count). The van der Waals surface area contributed by atoms with Crippen molar-refractivity contribution >= 4 is 52.1 Å². The van der Waals surface area contributed by atoms with Crippen molar-refractivity contribution < 1.29 is 0 Å². The molecule has 0 aromatic carbocycles. The zero-order chi connectivity index (χ0) is 12.3. The van der Waals surface area contributed by atoms with Crippen molar-refractivity contribution in [3.63, 3.8) is 0 Å². The molecule has 1 atom stereocenters. The third-order valence-electron chi connectivity index (χ3n) is 3.06. The van der Waals surface area contributed by atoms with E-state index in [0.29, 0.717) is 6.04 Å². The first-order chi connectivity index (χ1) is 8.16. The predicted molar refractivity (Wildman–Crippen MR) is 93.1 cm³/mol. The van der Waals surface area contributed by atoms with Crippen LogP contribution in [0.5, 0.6) is 0 Å². The fourth-order valence-corrected chi connectivity index (χ4v) is 3.80. The smallest absolute Gasteiger partial charge is 0.0701 e. The molecular formula is C13H21BrCl2N2S. The van der Waals surface area contributed by atoms with Crippen LogP contribution in [0, 0.1) is 0 Å². The highest BCUT2D eigenvalue weighted by Gasteiger charge is 2.23. The summed E-state index contributed by atoms with van der Waals surface area (Å²) in [6, 6.07) is 4.89. The number of nitrogens with zero attached hydrogens (tertiary/aromatic N) is 1. The molecule has 1 saturated heterocycles. The lowest BCUT2D eigenvalue weighted by Gasteiger charge is -2.34. The average Bonchev–Trinajstić information content (AvgIpc) is 2.73. The molecule has 0 spiro atoms. The summed E-state index contributed by atoms with van der Waals surface area (Å²) in [5, 5.41) is 3.41. The zero-order valence-corrected chi connectivity index (χ0v) is 15.1. The average molecular weight is 388 g/mol. The van der Waals surface area contributed by atoms with E-state index in [1.807, 2.05) is 11.3 Å². The van der Waals surface area contributed by atoms with Crippen LogP contribution in [0.2, 0.25) is 0 Å². The van der Waals surface area contributed by atoms with Gasteiger partial charge in [-0.1, -0.05) is 5.57 Å². The molecule has 2 nitrogen and oxygen atoms in total. The highest BCUT2D eigenvalue weighted by Crippen LogP contribution is 2.34. The molecule has 110 valence electrons. The number of hydrogen-bond donors (Lipinski definition) is 1. The maximum Gasteiger partial charge on any atom is 0.0701 e. The van der Waals surface area contributed by atoms with Crippen LogP contribution < -0.4 is 5.32 Å². The number of nitrogens with one attached hydrogen (secondary N) is 1. The Hall–Kier alpha value is 0.420. The van der Waals surface area contributed by atoms with E-state index in [1.165, 1.54) is 14.2 Å². The summed E-state index contributed by atoms with van der Waals surface area (Å²) in [5.74, 6) is 0. The van der Waals surface area contributed by atoms with Crippen LogP contribution in [0.15, 0.2) is 28.1 Å². The van der Waals surface area contributed by atoms with E-state index in [9.17, 15) is 0 Å². The molecule has 2 heterocycles. The summed E-state index contributed by atoms with van der Waals surface area (Å²) >= 11 is 5.40. The van der Waals surface area contributed by atoms with Crippen LogP contribution in [0.1, 0.15) is 24.3 Å². The number of hydrogen-bond acceptors (Lipinski definition) is 3. The number of thiophene rings is 1. The highest BCUT2D eigenvalue weighted by molar-refractivity contribution is 9.11. The van der Waals surface area contributed by atoms with E-state index in [0.717, 1.165) is 32.6 Å². The molecule has 1 aliphatic heterocycles. The minimum atomic E-state index is 0. The van der Waals surface area contributed by atoms with Gasteiger partial charge >= 0.3 is 0 Å². The van der Waals surface area contributed by atoms with Crippen LogP contribution in [0.25, 0.3) is 0 Å². The Labute approximate surface area is 140 Å². The van der Waals surface area contributed by atoms with E-state index in [-0.39, 0.29) is 24.8 Å². The van der Waals surface area contributed by atoms with Gasteiger partial charge in [0.05, 0.1) is 3.79 Å². The Balaban J connectivity index is 0.00000162. The Morgan fingerprint density at radius 1 is 1.42 bits per heavy atom. The van der Waals surface area contributed by atoms with Gasteiger partial charge in [-0.3, -0.25) is 4.90 Å². The summed E-state index contributed by atoms with van der Waals surface area (Å²) in [5.41, 5.74) is 1.26. The molecule has 1 aromatic heterocycles. The van der Waals surface area contributed by atoms with Gasteiger partial charge in [-0.25, -0.2) is 0 Å². The van der Waals surface area contributed by atoms with Crippen molar-refractivity contribution in [3.05, 3.63) is 32.9 Å². The summed E-state index contributed by atoms with van der Waals surface area (Å²) < 4.78 is 1.22. The van der Waals surface area contributed by atoms with E-state index >= 15 is 0 Å². The van der Waals surface area contributed by atoms with Crippen molar-refractivity contribution in [2.24, 2.45) is 0 Å². The van der Waals surface area contributed by atoms with Gasteiger partial charge in [-0.15, -0.1) is 42.7 Å². The summed E-state index contributed by atoms with van der Waals surface area (Å²) in [4.78, 5) is 4.02. The lowest BCUT2D eigenvalue weighted by Crippen LogP contribution is -2.45. The second-order valence-corrected chi connectivity index (χ2v) is 7.10. The molecule has 0 aliphatic carbocycles. The number of halogens is 3. The van der Waals surface area contributed by atoms with Crippen LogP contribution in [-0.2, 0) is 0 Å². The largest absolute Gasteiger partial charge is 0.314 e. The molecule has 0 bridgehead atoms. The summed E-state index contributed by atoms with van der Waals surface area (Å²) in [6.07, 6.45) is 1.06. The molecule has 19 heavy (non-hydrogen) atoms. The SMILES string of the molecule is C=C(C)C[C@H](c1ccc(Br)s1)N1CCNCC1.Cl.Cl. The molecule has 1 aromatic rings. The Morgan fingerprint density at radius 3 is 2.53 bits per heavy atom. The Bertz CT molecular complexity index is 392. The minimum absolute atomic E-state index is 0. The fourth-order valence-electron chi connectivity index (χ4n) is 2.24. The van der Waals surface area contributed by atoms with E-state index < -0.39 is 0 Å². The molecule has 0 saturated carbocycles. The lowest BCUT2D eigenvalue weighted by atomic mass is 10.0. The van der Waals surface area contributed by atoms with Gasteiger partial charge in [-0.05, 0) is 41.4 Å². The third kappa shape index (κ3) is 5.74. The predicted octanol–water partition coefficient (Wildman–Crippen LogP) is 4.27. The van der Waals surface area contributed by atoms with Gasteiger partial charge in [-0.2, -0.15) is 0 Å². The number of piperazine rings is 1. The van der Waals surface area contributed by atoms with Crippen molar-refractivity contribution in [3.8, 4) is 0 Å². The van der Waals surface area contributed by atoms with Crippen molar-refractivity contribution in [2.45, 2.75) is 19.4 Å². The molecule has 0 radical (unpaired) electrons. The first kappa shape index (κ1) is 19.4. The van der Waals surface area contributed by atoms with Crippen molar-refractivity contribution in [1.29, 1.82) is 0 Å². The normalized spacial score (nSPS) is 17.2. The quantitative estimate of drug-likeness (QED) is 0.776. The highest BCUT2D eigenvalue weighted by atomic mass is 79.9. The van der Waals surface area contributed by atoms with Gasteiger partial charge in [0, 0.05) is 37.1 Å². The van der Waals surface area contributed by atoms with Crippen molar-refractivity contribution in [2.75, 3.05) is 26.2 Å². The second-order valence-electron chi connectivity index (χ2n) is 4.60. The third-order valence-corrected chi connectivity index (χ3v) is 4.78. The molecule has 1 fully saturated rings. The number of rotatable bonds is 4. The first-order valence-electron chi connectivity index (χ1n) is 6.01. The van der Waals surface area contributed by atoms with Crippen LogP contribution >= 0.6 is 52.1 Å². The van der Waals surface area contributed by atoms with Crippen LogP contribution in [0.4, 0.5) is 0 Å². The standard InChI is InChI=1S/C13H19BrN2S.2ClH/c1-10(2)9-11(12-3-4-13(14)17-12)16-7-5-15-6-8-16;;/h3-4,11,15H,1,5-9H2,2H3;2*1H/t11-;;/m1../s1. The maximum absolute atomic E-state index is 4.07. The Morgan fingerprint density at radius 2 is 2.05 bits per heavy atom. The van der Waals surface area contributed by atoms with E-state index in [4.69, 9.17) is 0 Å². The summed E-state index contributed by atoms with van der Waals surface area (Å²) in [7, 11) is 0. The van der Waals surface area contributed by atoms with E-state index in [2.05, 4.69) is 51.8 Å². The molecule has 0 unspecified atom stereocenters. The van der Waals surface area contributed by atoms with Gasteiger partial charge in [0.1, 0.15) is 0 Å².